The number of carbonyl (C=O) groups excluding carboxylic acids is 1. The molecule has 0 saturated carbocycles. The van der Waals surface area contributed by atoms with Crippen molar-refractivity contribution < 1.29 is 28.5 Å². The fourth-order valence-electron chi connectivity index (χ4n) is 5.63. The molecule has 0 saturated heterocycles. The van der Waals surface area contributed by atoms with Gasteiger partial charge in [0, 0.05) is 10.6 Å². The Hall–Kier alpha value is -5.03. The smallest absolute Gasteiger partial charge is 0.338 e. The molecule has 1 aliphatic heterocycles. The highest BCUT2D eigenvalue weighted by molar-refractivity contribution is 7.07. The van der Waals surface area contributed by atoms with E-state index in [1.165, 1.54) is 37.2 Å². The number of aromatic nitrogens is 1. The zero-order valence-electron chi connectivity index (χ0n) is 27.6. The molecule has 0 unspecified atom stereocenters. The maximum Gasteiger partial charge on any atom is 0.338 e. The first kappa shape index (κ1) is 34.8. The van der Waals surface area contributed by atoms with Gasteiger partial charge < -0.3 is 23.7 Å². The Bertz CT molecular complexity index is 2270. The van der Waals surface area contributed by atoms with Crippen LogP contribution in [0, 0.1) is 0 Å². The number of benzene rings is 4. The zero-order chi connectivity index (χ0) is 35.4. The van der Waals surface area contributed by atoms with Crippen molar-refractivity contribution >= 4 is 52.3 Å². The number of nitrogens with zero attached hydrogens (tertiary/aromatic N) is 2. The second-order valence-corrected chi connectivity index (χ2v) is 12.8. The normalized spacial score (nSPS) is 14.1. The van der Waals surface area contributed by atoms with Crippen LogP contribution in [-0.4, -0.2) is 38.5 Å². The van der Waals surface area contributed by atoms with Crippen LogP contribution in [0.4, 0.5) is 0 Å². The van der Waals surface area contributed by atoms with E-state index in [-0.39, 0.29) is 24.3 Å². The van der Waals surface area contributed by atoms with Crippen molar-refractivity contribution in [2.45, 2.75) is 19.6 Å². The van der Waals surface area contributed by atoms with E-state index in [0.29, 0.717) is 64.8 Å². The van der Waals surface area contributed by atoms with E-state index in [4.69, 9.17) is 51.9 Å². The van der Waals surface area contributed by atoms with Gasteiger partial charge in [-0.05, 0) is 66.1 Å². The van der Waals surface area contributed by atoms with E-state index in [1.807, 2.05) is 42.5 Å². The maximum absolute atomic E-state index is 14.4. The molecule has 1 aliphatic rings. The van der Waals surface area contributed by atoms with E-state index in [2.05, 4.69) is 0 Å². The molecule has 5 aromatic rings. The van der Waals surface area contributed by atoms with Gasteiger partial charge in [-0.2, -0.15) is 0 Å². The third-order valence-electron chi connectivity index (χ3n) is 7.94. The molecule has 12 heteroatoms. The van der Waals surface area contributed by atoms with E-state index in [0.717, 1.165) is 5.56 Å². The average Bonchev–Trinajstić information content (AvgIpc) is 3.44. The second-order valence-electron chi connectivity index (χ2n) is 11.0. The van der Waals surface area contributed by atoms with E-state index in [1.54, 1.807) is 55.5 Å². The Morgan fingerprint density at radius 2 is 1.62 bits per heavy atom. The first-order chi connectivity index (χ1) is 24.3. The van der Waals surface area contributed by atoms with Crippen LogP contribution in [0.3, 0.4) is 0 Å². The highest BCUT2D eigenvalue weighted by Gasteiger charge is 2.35. The molecular weight excluding hydrogens is 699 g/mol. The van der Waals surface area contributed by atoms with Gasteiger partial charge in [-0.25, -0.2) is 9.79 Å². The standard InChI is InChI=1S/C38H32Cl2N2O7S/c1-5-48-37(44)32-33(24-9-7-6-8-10-24)41-38-42(34(32)25-13-16-28(45-2)29(20-25)46-3)36(43)31(50-38)19-23-17-27(40)35(30(18-23)47-4)49-21-22-11-14-26(39)15-12-22/h6-20,34H,5,21H2,1-4H3/b31-19-/t34-/m1/s1. The number of methoxy groups -OCH3 is 3. The Kier molecular flexibility index (Phi) is 10.6. The maximum atomic E-state index is 14.4. The predicted octanol–water partition coefficient (Wildman–Crippen LogP) is 6.85. The molecule has 1 aromatic heterocycles. The molecule has 4 aromatic carbocycles. The highest BCUT2D eigenvalue weighted by Crippen LogP contribution is 2.39. The number of halogens is 2. The van der Waals surface area contributed by atoms with Crippen LogP contribution in [0.2, 0.25) is 10.0 Å². The Labute approximate surface area is 302 Å². The lowest BCUT2D eigenvalue weighted by molar-refractivity contribution is -0.138. The van der Waals surface area contributed by atoms with Crippen molar-refractivity contribution in [2.75, 3.05) is 27.9 Å². The van der Waals surface area contributed by atoms with Crippen LogP contribution < -0.4 is 33.8 Å². The molecule has 0 N–H and O–H groups in total. The highest BCUT2D eigenvalue weighted by atomic mass is 35.5. The molecule has 0 amide bonds. The monoisotopic (exact) mass is 730 g/mol. The lowest BCUT2D eigenvalue weighted by atomic mass is 9.93. The fraction of sp³-hybridized carbons (Fsp3) is 0.184. The van der Waals surface area contributed by atoms with Gasteiger partial charge in [-0.15, -0.1) is 0 Å². The Morgan fingerprint density at radius 1 is 0.900 bits per heavy atom. The van der Waals surface area contributed by atoms with Gasteiger partial charge in [0.05, 0.1) is 54.8 Å². The molecule has 256 valence electrons. The summed E-state index contributed by atoms with van der Waals surface area (Å²) in [5.41, 5.74) is 3.07. The molecule has 6 rings (SSSR count). The van der Waals surface area contributed by atoms with Gasteiger partial charge in [0.15, 0.2) is 27.8 Å². The molecule has 0 bridgehead atoms. The van der Waals surface area contributed by atoms with Crippen LogP contribution in [0.1, 0.15) is 35.2 Å². The first-order valence-electron chi connectivity index (χ1n) is 15.5. The van der Waals surface area contributed by atoms with Crippen molar-refractivity contribution in [3.8, 4) is 23.0 Å². The Morgan fingerprint density at radius 3 is 2.30 bits per heavy atom. The minimum absolute atomic E-state index is 0.134. The van der Waals surface area contributed by atoms with Crippen LogP contribution in [-0.2, 0) is 16.1 Å². The van der Waals surface area contributed by atoms with Crippen LogP contribution in [0.5, 0.6) is 23.0 Å². The molecule has 0 spiro atoms. The number of ether oxygens (including phenoxy) is 5. The molecular formula is C38H32Cl2N2O7S. The number of hydrogen-bond donors (Lipinski definition) is 0. The zero-order valence-corrected chi connectivity index (χ0v) is 29.9. The van der Waals surface area contributed by atoms with Gasteiger partial charge in [0.2, 0.25) is 0 Å². The quantitative estimate of drug-likeness (QED) is 0.137. The molecule has 50 heavy (non-hydrogen) atoms. The van der Waals surface area contributed by atoms with Crippen LogP contribution >= 0.6 is 34.5 Å². The topological polar surface area (TPSA) is 97.6 Å². The van der Waals surface area contributed by atoms with E-state index in [9.17, 15) is 9.59 Å². The summed E-state index contributed by atoms with van der Waals surface area (Å²) in [5.74, 6) is 1.11. The lowest BCUT2D eigenvalue weighted by Gasteiger charge is -2.26. The SMILES string of the molecule is CCOC(=O)C1=C(c2ccccc2)N=c2s/c(=C\c3cc(Cl)c(OCc4ccc(Cl)cc4)c(OC)c3)c(=O)n2[C@@H]1c1ccc(OC)c(OC)c1. The summed E-state index contributed by atoms with van der Waals surface area (Å²) in [6.07, 6.45) is 1.71. The number of rotatable bonds is 11. The van der Waals surface area contributed by atoms with Gasteiger partial charge >= 0.3 is 5.97 Å². The van der Waals surface area contributed by atoms with Gasteiger partial charge in [0.1, 0.15) is 6.61 Å². The first-order valence-corrected chi connectivity index (χ1v) is 17.1. The van der Waals surface area contributed by atoms with E-state index >= 15 is 0 Å². The summed E-state index contributed by atoms with van der Waals surface area (Å²) in [6, 6.07) is 24.5. The van der Waals surface area contributed by atoms with Crippen molar-refractivity contribution in [3.63, 3.8) is 0 Å². The van der Waals surface area contributed by atoms with Crippen molar-refractivity contribution in [1.29, 1.82) is 0 Å². The van der Waals surface area contributed by atoms with Gasteiger partial charge in [-0.3, -0.25) is 9.36 Å². The summed E-state index contributed by atoms with van der Waals surface area (Å²) < 4.78 is 30.2. The molecule has 1 atom stereocenters. The van der Waals surface area contributed by atoms with Crippen molar-refractivity contribution in [2.24, 2.45) is 4.99 Å². The van der Waals surface area contributed by atoms with E-state index < -0.39 is 12.0 Å². The minimum atomic E-state index is -0.899. The summed E-state index contributed by atoms with van der Waals surface area (Å²) >= 11 is 13.9. The second kappa shape index (κ2) is 15.2. The fourth-order valence-corrected chi connectivity index (χ4v) is 7.03. The predicted molar refractivity (Wildman–Crippen MR) is 194 cm³/mol. The van der Waals surface area contributed by atoms with Crippen LogP contribution in [0.15, 0.2) is 100 Å². The Balaban J connectivity index is 1.51. The van der Waals surface area contributed by atoms with Gasteiger partial charge in [-0.1, -0.05) is 83.1 Å². The molecule has 0 fully saturated rings. The summed E-state index contributed by atoms with van der Waals surface area (Å²) in [7, 11) is 4.58. The van der Waals surface area contributed by atoms with Crippen LogP contribution in [0.25, 0.3) is 11.8 Å². The summed E-state index contributed by atoms with van der Waals surface area (Å²) in [4.78, 5) is 33.5. The average molecular weight is 732 g/mol. The molecule has 2 heterocycles. The number of hydrogen-bond acceptors (Lipinski definition) is 9. The number of fused-ring (bicyclic) bond motifs is 1. The number of carbonyl (C=O) groups is 1. The largest absolute Gasteiger partial charge is 0.493 e. The number of thiazole rings is 1. The third kappa shape index (κ3) is 7.00. The van der Waals surface area contributed by atoms with Crippen molar-refractivity contribution in [3.05, 3.63) is 142 Å². The minimum Gasteiger partial charge on any atom is -0.493 e. The third-order valence-corrected chi connectivity index (χ3v) is 9.46. The number of esters is 1. The summed E-state index contributed by atoms with van der Waals surface area (Å²) in [5, 5.41) is 0.930. The van der Waals surface area contributed by atoms with Crippen molar-refractivity contribution in [1.82, 2.24) is 4.57 Å². The molecule has 0 aliphatic carbocycles. The lowest BCUT2D eigenvalue weighted by Crippen LogP contribution is -2.40. The molecule has 0 radical (unpaired) electrons. The summed E-state index contributed by atoms with van der Waals surface area (Å²) in [6.45, 7) is 2.11. The molecule has 9 nitrogen and oxygen atoms in total. The van der Waals surface area contributed by atoms with Gasteiger partial charge in [0.25, 0.3) is 5.56 Å².